The summed E-state index contributed by atoms with van der Waals surface area (Å²) in [6.07, 6.45) is 1.20. The highest BCUT2D eigenvalue weighted by molar-refractivity contribution is 7.85. The van der Waals surface area contributed by atoms with Crippen LogP contribution in [0, 0.1) is 0 Å². The van der Waals surface area contributed by atoms with Crippen LogP contribution in [-0.2, 0) is 15.6 Å². The van der Waals surface area contributed by atoms with Crippen LogP contribution in [0.1, 0.15) is 0 Å². The third-order valence-electron chi connectivity index (χ3n) is 1.51. The number of benzene rings is 1. The second-order valence-corrected chi connectivity index (χ2v) is 3.92. The Hall–Kier alpha value is -1.22. The van der Waals surface area contributed by atoms with E-state index in [-0.39, 0.29) is 11.5 Å². The number of hydrogen-bond donors (Lipinski definition) is 0. The molecule has 0 aliphatic rings. The average molecular weight is 194 g/mol. The summed E-state index contributed by atoms with van der Waals surface area (Å²) in [6.45, 7) is 3.32. The van der Waals surface area contributed by atoms with Gasteiger partial charge in [-0.25, -0.2) is 0 Å². The Labute approximate surface area is 79.7 Å². The Morgan fingerprint density at radius 2 is 2.00 bits per heavy atom. The van der Waals surface area contributed by atoms with Gasteiger partial charge in [-0.05, 0) is 18.2 Å². The lowest BCUT2D eigenvalue weighted by molar-refractivity contribution is -0.112. The first-order valence-electron chi connectivity index (χ1n) is 3.82. The maximum absolute atomic E-state index is 11.5. The Balaban J connectivity index is 2.70. The minimum Gasteiger partial charge on any atom is -0.294 e. The molecule has 0 saturated heterocycles. The lowest BCUT2D eigenvalue weighted by atomic mass is 10.4. The van der Waals surface area contributed by atoms with E-state index in [2.05, 4.69) is 6.58 Å². The number of allylic oxidation sites excluding steroid dienone is 1. The molecule has 0 spiro atoms. The summed E-state index contributed by atoms with van der Waals surface area (Å²) in [5, 5.41) is 0. The zero-order chi connectivity index (χ0) is 9.68. The maximum atomic E-state index is 11.5. The largest absolute Gasteiger partial charge is 0.294 e. The predicted octanol–water partition coefficient (Wildman–Crippen LogP) is 1.55. The van der Waals surface area contributed by atoms with E-state index in [0.717, 1.165) is 0 Å². The van der Waals surface area contributed by atoms with Gasteiger partial charge in [0, 0.05) is 4.90 Å². The summed E-state index contributed by atoms with van der Waals surface area (Å²) >= 11 is 0. The SMILES string of the molecule is C=CC(=O)CS(=O)c1ccccc1. The first kappa shape index (κ1) is 9.86. The second kappa shape index (κ2) is 4.72. The van der Waals surface area contributed by atoms with Gasteiger partial charge in [-0.3, -0.25) is 9.00 Å². The molecule has 0 saturated carbocycles. The van der Waals surface area contributed by atoms with E-state index >= 15 is 0 Å². The maximum Gasteiger partial charge on any atom is 0.167 e. The normalized spacial score (nSPS) is 12.0. The minimum absolute atomic E-state index is 0.0213. The average Bonchev–Trinajstić information content (AvgIpc) is 2.19. The highest BCUT2D eigenvalue weighted by Crippen LogP contribution is 2.05. The van der Waals surface area contributed by atoms with Crippen LogP contribution in [0.2, 0.25) is 0 Å². The Morgan fingerprint density at radius 3 is 2.54 bits per heavy atom. The van der Waals surface area contributed by atoms with Crippen molar-refractivity contribution in [1.82, 2.24) is 0 Å². The smallest absolute Gasteiger partial charge is 0.167 e. The summed E-state index contributed by atoms with van der Waals surface area (Å²) in [5.41, 5.74) is 0. The highest BCUT2D eigenvalue weighted by atomic mass is 32.2. The van der Waals surface area contributed by atoms with Gasteiger partial charge in [-0.1, -0.05) is 24.8 Å². The molecule has 13 heavy (non-hydrogen) atoms. The van der Waals surface area contributed by atoms with Gasteiger partial charge in [0.2, 0.25) is 0 Å². The summed E-state index contributed by atoms with van der Waals surface area (Å²) in [5.74, 6) is -0.171. The third kappa shape index (κ3) is 2.95. The molecule has 0 fully saturated rings. The highest BCUT2D eigenvalue weighted by Gasteiger charge is 2.05. The van der Waals surface area contributed by atoms with Crippen LogP contribution in [0.25, 0.3) is 0 Å². The third-order valence-corrected chi connectivity index (χ3v) is 2.85. The lowest BCUT2D eigenvalue weighted by Crippen LogP contribution is -2.07. The van der Waals surface area contributed by atoms with Crippen LogP contribution in [0.3, 0.4) is 0 Å². The van der Waals surface area contributed by atoms with Crippen LogP contribution >= 0.6 is 0 Å². The Bertz CT molecular complexity index is 330. The number of ketones is 1. The van der Waals surface area contributed by atoms with Gasteiger partial charge < -0.3 is 0 Å². The van der Waals surface area contributed by atoms with Crippen molar-refractivity contribution in [3.8, 4) is 0 Å². The molecule has 1 aromatic rings. The van der Waals surface area contributed by atoms with Crippen LogP contribution in [0.15, 0.2) is 47.9 Å². The molecular formula is C10H10O2S. The molecule has 0 bridgehead atoms. The Kier molecular flexibility index (Phi) is 3.58. The zero-order valence-electron chi connectivity index (χ0n) is 7.10. The van der Waals surface area contributed by atoms with Crippen molar-refractivity contribution in [1.29, 1.82) is 0 Å². The van der Waals surface area contributed by atoms with Crippen molar-refractivity contribution in [2.75, 3.05) is 5.75 Å². The molecule has 2 nitrogen and oxygen atoms in total. The minimum atomic E-state index is -1.23. The number of rotatable bonds is 4. The van der Waals surface area contributed by atoms with Crippen molar-refractivity contribution in [3.63, 3.8) is 0 Å². The van der Waals surface area contributed by atoms with E-state index in [0.29, 0.717) is 4.90 Å². The van der Waals surface area contributed by atoms with Crippen molar-refractivity contribution in [3.05, 3.63) is 43.0 Å². The number of hydrogen-bond acceptors (Lipinski definition) is 2. The van der Waals surface area contributed by atoms with Gasteiger partial charge in [-0.15, -0.1) is 0 Å². The molecule has 0 aliphatic heterocycles. The van der Waals surface area contributed by atoms with E-state index in [4.69, 9.17) is 0 Å². The van der Waals surface area contributed by atoms with Crippen molar-refractivity contribution in [2.24, 2.45) is 0 Å². The van der Waals surface area contributed by atoms with Crippen LogP contribution in [-0.4, -0.2) is 15.7 Å². The first-order chi connectivity index (χ1) is 6.24. The molecule has 0 aromatic heterocycles. The standard InChI is InChI=1S/C10H10O2S/c1-2-9(11)8-13(12)10-6-4-3-5-7-10/h2-7H,1,8H2. The van der Waals surface area contributed by atoms with E-state index in [1.165, 1.54) is 6.08 Å². The second-order valence-electron chi connectivity index (χ2n) is 2.47. The van der Waals surface area contributed by atoms with E-state index in [1.807, 2.05) is 6.07 Å². The summed E-state index contributed by atoms with van der Waals surface area (Å²) in [7, 11) is -1.23. The van der Waals surface area contributed by atoms with Gasteiger partial charge >= 0.3 is 0 Å². The van der Waals surface area contributed by atoms with Crippen LogP contribution in [0.4, 0.5) is 0 Å². The zero-order valence-corrected chi connectivity index (χ0v) is 7.92. The van der Waals surface area contributed by atoms with Gasteiger partial charge in [0.1, 0.15) is 0 Å². The summed E-state index contributed by atoms with van der Waals surface area (Å²) in [6, 6.07) is 8.92. The molecule has 0 N–H and O–H groups in total. The van der Waals surface area contributed by atoms with Gasteiger partial charge in [0.15, 0.2) is 5.78 Å². The molecule has 1 aromatic carbocycles. The van der Waals surface area contributed by atoms with E-state index < -0.39 is 10.8 Å². The van der Waals surface area contributed by atoms with Crippen LogP contribution < -0.4 is 0 Å². The first-order valence-corrected chi connectivity index (χ1v) is 5.14. The molecule has 3 heteroatoms. The number of carbonyl (C=O) groups is 1. The van der Waals surface area contributed by atoms with E-state index in [1.54, 1.807) is 24.3 Å². The predicted molar refractivity (Wildman–Crippen MR) is 52.9 cm³/mol. The topological polar surface area (TPSA) is 34.1 Å². The van der Waals surface area contributed by atoms with Crippen molar-refractivity contribution >= 4 is 16.6 Å². The molecule has 0 amide bonds. The van der Waals surface area contributed by atoms with Crippen molar-refractivity contribution in [2.45, 2.75) is 4.90 Å². The lowest BCUT2D eigenvalue weighted by Gasteiger charge is -1.97. The van der Waals surface area contributed by atoms with Crippen LogP contribution in [0.5, 0.6) is 0 Å². The van der Waals surface area contributed by atoms with Gasteiger partial charge in [-0.2, -0.15) is 0 Å². The number of carbonyl (C=O) groups excluding carboxylic acids is 1. The fraction of sp³-hybridized carbons (Fsp3) is 0.100. The van der Waals surface area contributed by atoms with E-state index in [9.17, 15) is 9.00 Å². The van der Waals surface area contributed by atoms with Crippen molar-refractivity contribution < 1.29 is 9.00 Å². The summed E-state index contributed by atoms with van der Waals surface area (Å²) < 4.78 is 11.5. The molecule has 0 radical (unpaired) electrons. The molecule has 1 atom stereocenters. The quantitative estimate of drug-likeness (QED) is 0.681. The molecule has 68 valence electrons. The molecule has 0 aliphatic carbocycles. The molecule has 0 heterocycles. The Morgan fingerprint density at radius 1 is 1.38 bits per heavy atom. The molecule has 1 rings (SSSR count). The van der Waals surface area contributed by atoms with Gasteiger partial charge in [0.25, 0.3) is 0 Å². The fourth-order valence-electron chi connectivity index (χ4n) is 0.844. The monoisotopic (exact) mass is 194 g/mol. The fourth-order valence-corrected chi connectivity index (χ4v) is 1.85. The summed E-state index contributed by atoms with van der Waals surface area (Å²) in [4.78, 5) is 11.6. The molecule has 1 unspecified atom stereocenters. The molecular weight excluding hydrogens is 184 g/mol. The van der Waals surface area contributed by atoms with Gasteiger partial charge in [0.05, 0.1) is 16.6 Å².